The van der Waals surface area contributed by atoms with Crippen LogP contribution in [0.5, 0.6) is 11.5 Å². The highest BCUT2D eigenvalue weighted by atomic mass is 28.4. The Kier molecular flexibility index (Phi) is 5.03. The van der Waals surface area contributed by atoms with E-state index >= 15 is 0 Å². The first kappa shape index (κ1) is 16.8. The Balaban J connectivity index is 3.17. The van der Waals surface area contributed by atoms with Gasteiger partial charge >= 0.3 is 0 Å². The van der Waals surface area contributed by atoms with Gasteiger partial charge in [-0.1, -0.05) is 27.7 Å². The van der Waals surface area contributed by atoms with Crippen molar-refractivity contribution in [3.05, 3.63) is 23.8 Å². The van der Waals surface area contributed by atoms with Crippen molar-refractivity contribution >= 4 is 14.6 Å². The van der Waals surface area contributed by atoms with Gasteiger partial charge in [-0.15, -0.1) is 0 Å². The van der Waals surface area contributed by atoms with Gasteiger partial charge < -0.3 is 9.16 Å². The molecule has 0 spiro atoms. The molecule has 0 unspecified atom stereocenters. The molecule has 3 nitrogen and oxygen atoms in total. The van der Waals surface area contributed by atoms with Gasteiger partial charge in [-0.25, -0.2) is 0 Å². The fourth-order valence-electron chi connectivity index (χ4n) is 1.95. The topological polar surface area (TPSA) is 35.5 Å². The molecule has 0 atom stereocenters. The van der Waals surface area contributed by atoms with Crippen molar-refractivity contribution in [2.24, 2.45) is 5.92 Å². The minimum absolute atomic E-state index is 0.106. The fraction of sp³-hybridized carbons (Fsp3) is 0.562. The number of rotatable bonds is 6. The lowest BCUT2D eigenvalue weighted by Gasteiger charge is -2.42. The van der Waals surface area contributed by atoms with Crippen molar-refractivity contribution in [2.45, 2.75) is 45.8 Å². The number of methoxy groups -OCH3 is 1. The Hall–Kier alpha value is -1.29. The number of carbonyl (C=O) groups is 1. The molecule has 0 aliphatic carbocycles. The zero-order valence-corrected chi connectivity index (χ0v) is 14.6. The summed E-state index contributed by atoms with van der Waals surface area (Å²) >= 11 is 0. The van der Waals surface area contributed by atoms with Gasteiger partial charge in [0, 0.05) is 5.56 Å². The maximum atomic E-state index is 10.9. The van der Waals surface area contributed by atoms with Crippen molar-refractivity contribution in [3.8, 4) is 11.5 Å². The number of benzene rings is 1. The van der Waals surface area contributed by atoms with Crippen molar-refractivity contribution in [3.63, 3.8) is 0 Å². The van der Waals surface area contributed by atoms with E-state index in [1.165, 1.54) is 0 Å². The average molecular weight is 294 g/mol. The zero-order chi connectivity index (χ0) is 15.6. The van der Waals surface area contributed by atoms with E-state index in [1.807, 2.05) is 0 Å². The third kappa shape index (κ3) is 3.23. The molecule has 0 saturated heterocycles. The average Bonchev–Trinajstić information content (AvgIpc) is 2.37. The van der Waals surface area contributed by atoms with Gasteiger partial charge in [0.05, 0.1) is 7.11 Å². The molecule has 0 heterocycles. The molecule has 4 heteroatoms. The van der Waals surface area contributed by atoms with Gasteiger partial charge in [-0.2, -0.15) is 0 Å². The Morgan fingerprint density at radius 1 is 1.20 bits per heavy atom. The Morgan fingerprint density at radius 2 is 1.80 bits per heavy atom. The number of carbonyl (C=O) groups excluding carboxylic acids is 1. The molecule has 0 amide bonds. The SMILES string of the molecule is COc1ccc(C=O)cc1O[Si](C)(C)C(C)(C)C(C)C. The van der Waals surface area contributed by atoms with Crippen LogP contribution in [0, 0.1) is 5.92 Å². The van der Waals surface area contributed by atoms with Gasteiger partial charge in [-0.05, 0) is 42.2 Å². The van der Waals surface area contributed by atoms with E-state index in [4.69, 9.17) is 9.16 Å². The molecule has 0 bridgehead atoms. The highest BCUT2D eigenvalue weighted by Crippen LogP contribution is 2.46. The summed E-state index contributed by atoms with van der Waals surface area (Å²) in [5, 5.41) is 0.106. The van der Waals surface area contributed by atoms with E-state index in [9.17, 15) is 4.79 Å². The van der Waals surface area contributed by atoms with Crippen LogP contribution < -0.4 is 9.16 Å². The summed E-state index contributed by atoms with van der Waals surface area (Å²) in [6, 6.07) is 5.28. The molecule has 0 fully saturated rings. The first-order valence-corrected chi connectivity index (χ1v) is 9.88. The lowest BCUT2D eigenvalue weighted by Crippen LogP contribution is -2.48. The predicted octanol–water partition coefficient (Wildman–Crippen LogP) is 4.53. The zero-order valence-electron chi connectivity index (χ0n) is 13.6. The second kappa shape index (κ2) is 6.00. The van der Waals surface area contributed by atoms with Gasteiger partial charge in [-0.3, -0.25) is 4.79 Å². The molecule has 0 aliphatic rings. The smallest absolute Gasteiger partial charge is 0.251 e. The molecule has 0 saturated carbocycles. The van der Waals surface area contributed by atoms with E-state index in [-0.39, 0.29) is 5.04 Å². The maximum absolute atomic E-state index is 10.9. The minimum atomic E-state index is -2.01. The highest BCUT2D eigenvalue weighted by Gasteiger charge is 2.45. The third-order valence-corrected chi connectivity index (χ3v) is 9.10. The summed E-state index contributed by atoms with van der Waals surface area (Å²) in [4.78, 5) is 10.9. The summed E-state index contributed by atoms with van der Waals surface area (Å²) in [6.07, 6.45) is 0.828. The highest BCUT2D eigenvalue weighted by molar-refractivity contribution is 6.75. The first-order chi connectivity index (χ1) is 9.15. The van der Waals surface area contributed by atoms with Crippen LogP contribution in [0.4, 0.5) is 0 Å². The molecule has 0 aromatic heterocycles. The summed E-state index contributed by atoms with van der Waals surface area (Å²) in [7, 11) is -0.398. The Bertz CT molecular complexity index is 479. The molecule has 0 radical (unpaired) electrons. The number of hydrogen-bond donors (Lipinski definition) is 0. The maximum Gasteiger partial charge on any atom is 0.251 e. The summed E-state index contributed by atoms with van der Waals surface area (Å²) in [5.41, 5.74) is 0.605. The standard InChI is InChI=1S/C16H26O3Si/c1-12(2)16(3,4)20(6,7)19-15-10-13(11-17)8-9-14(15)18-5/h8-12H,1-7H3. The molecule has 0 N–H and O–H groups in total. The fourth-order valence-corrected chi connectivity index (χ4v) is 4.31. The molecule has 1 aromatic rings. The number of aldehydes is 1. The number of hydrogen-bond acceptors (Lipinski definition) is 3. The molecule has 1 rings (SSSR count). The lowest BCUT2D eigenvalue weighted by molar-refractivity contribution is 0.112. The van der Waals surface area contributed by atoms with E-state index < -0.39 is 8.32 Å². The summed E-state index contributed by atoms with van der Waals surface area (Å²) in [5.74, 6) is 1.86. The van der Waals surface area contributed by atoms with Gasteiger partial charge in [0.25, 0.3) is 8.32 Å². The van der Waals surface area contributed by atoms with E-state index in [0.29, 0.717) is 23.0 Å². The summed E-state index contributed by atoms with van der Waals surface area (Å²) < 4.78 is 11.7. The number of ether oxygens (including phenoxy) is 1. The second-order valence-electron chi connectivity index (χ2n) is 6.52. The quantitative estimate of drug-likeness (QED) is 0.571. The molecule has 20 heavy (non-hydrogen) atoms. The monoisotopic (exact) mass is 294 g/mol. The first-order valence-electron chi connectivity index (χ1n) is 6.98. The van der Waals surface area contributed by atoms with E-state index in [2.05, 4.69) is 40.8 Å². The van der Waals surface area contributed by atoms with Crippen molar-refractivity contribution in [1.29, 1.82) is 0 Å². The third-order valence-electron chi connectivity index (χ3n) is 4.68. The molecule has 0 aliphatic heterocycles. The normalized spacial score (nSPS) is 12.4. The predicted molar refractivity (Wildman–Crippen MR) is 85.4 cm³/mol. The van der Waals surface area contributed by atoms with Gasteiger partial charge in [0.2, 0.25) is 0 Å². The molecule has 112 valence electrons. The van der Waals surface area contributed by atoms with E-state index in [1.54, 1.807) is 25.3 Å². The van der Waals surface area contributed by atoms with E-state index in [0.717, 1.165) is 6.29 Å². The summed E-state index contributed by atoms with van der Waals surface area (Å²) in [6.45, 7) is 13.4. The largest absolute Gasteiger partial charge is 0.541 e. The van der Waals surface area contributed by atoms with Crippen LogP contribution in [-0.4, -0.2) is 21.7 Å². The van der Waals surface area contributed by atoms with Gasteiger partial charge in [0.1, 0.15) is 12.0 Å². The lowest BCUT2D eigenvalue weighted by atomic mass is 9.99. The molecule has 1 aromatic carbocycles. The van der Waals surface area contributed by atoms with Gasteiger partial charge in [0.15, 0.2) is 5.75 Å². The van der Waals surface area contributed by atoms with Crippen LogP contribution in [0.25, 0.3) is 0 Å². The Morgan fingerprint density at radius 3 is 2.25 bits per heavy atom. The van der Waals surface area contributed by atoms with Crippen LogP contribution in [0.1, 0.15) is 38.1 Å². The molecular weight excluding hydrogens is 268 g/mol. The van der Waals surface area contributed by atoms with Crippen molar-refractivity contribution in [1.82, 2.24) is 0 Å². The minimum Gasteiger partial charge on any atom is -0.541 e. The van der Waals surface area contributed by atoms with Crippen molar-refractivity contribution in [2.75, 3.05) is 7.11 Å². The second-order valence-corrected chi connectivity index (χ2v) is 11.0. The van der Waals surface area contributed by atoms with Crippen LogP contribution in [-0.2, 0) is 0 Å². The molecular formula is C16H26O3Si. The van der Waals surface area contributed by atoms with Crippen molar-refractivity contribution < 1.29 is 14.0 Å². The van der Waals surface area contributed by atoms with Crippen LogP contribution in [0.3, 0.4) is 0 Å². The van der Waals surface area contributed by atoms with Crippen LogP contribution >= 0.6 is 0 Å². The Labute approximate surface area is 123 Å². The van der Waals surface area contributed by atoms with Crippen LogP contribution in [0.15, 0.2) is 18.2 Å². The van der Waals surface area contributed by atoms with Crippen LogP contribution in [0.2, 0.25) is 18.1 Å².